The highest BCUT2D eigenvalue weighted by molar-refractivity contribution is 5.85. The fraction of sp³-hybridized carbons (Fsp3) is 0.548. The first-order chi connectivity index (χ1) is 16.5. The largest absolute Gasteiger partial charge is 0.507 e. The molecule has 2 N–H and O–H groups in total. The zero-order chi connectivity index (χ0) is 25.9. The van der Waals surface area contributed by atoms with Crippen LogP contribution < -0.4 is 0 Å². The van der Waals surface area contributed by atoms with E-state index in [0.29, 0.717) is 23.3 Å². The molecule has 3 rings (SSSR count). The lowest BCUT2D eigenvalue weighted by Gasteiger charge is -2.16. The van der Waals surface area contributed by atoms with Crippen LogP contribution in [0.1, 0.15) is 132 Å². The van der Waals surface area contributed by atoms with Crippen molar-refractivity contribution in [2.24, 2.45) is 9.98 Å². The van der Waals surface area contributed by atoms with E-state index in [1.54, 1.807) is 0 Å². The van der Waals surface area contributed by atoms with Crippen molar-refractivity contribution in [2.75, 3.05) is 0 Å². The molecule has 4 heteroatoms. The molecule has 0 amide bonds. The van der Waals surface area contributed by atoms with Gasteiger partial charge in [0.25, 0.3) is 0 Å². The van der Waals surface area contributed by atoms with E-state index >= 15 is 0 Å². The van der Waals surface area contributed by atoms with Crippen LogP contribution in [0.15, 0.2) is 34.3 Å². The monoisotopic (exact) mass is 476 g/mol. The minimum absolute atomic E-state index is 0.198. The summed E-state index contributed by atoms with van der Waals surface area (Å²) in [5.74, 6) is 2.00. The minimum Gasteiger partial charge on any atom is -0.507 e. The third kappa shape index (κ3) is 6.54. The molecule has 2 aromatic rings. The Morgan fingerprint density at radius 3 is 1.31 bits per heavy atom. The number of phenols is 2. The first kappa shape index (κ1) is 27.0. The molecule has 2 unspecified atom stereocenters. The number of nitrogens with zero attached hydrogens (tertiary/aromatic N) is 2. The number of benzene rings is 2. The number of hydrogen-bond donors (Lipinski definition) is 2. The molecule has 35 heavy (non-hydrogen) atoms. The predicted octanol–water partition coefficient (Wildman–Crippen LogP) is 8.05. The second-order valence-electron chi connectivity index (χ2n) is 11.4. The van der Waals surface area contributed by atoms with Crippen molar-refractivity contribution >= 4 is 12.4 Å². The van der Waals surface area contributed by atoms with Gasteiger partial charge in [-0.05, 0) is 77.3 Å². The predicted molar refractivity (Wildman–Crippen MR) is 149 cm³/mol. The van der Waals surface area contributed by atoms with Crippen molar-refractivity contribution in [3.8, 4) is 11.5 Å². The minimum atomic E-state index is 0.198. The number of rotatable bonds is 8. The highest BCUT2D eigenvalue weighted by Gasteiger charge is 2.24. The third-order valence-electron chi connectivity index (χ3n) is 7.19. The van der Waals surface area contributed by atoms with Crippen LogP contribution in [0.2, 0.25) is 0 Å². The average Bonchev–Trinajstić information content (AvgIpc) is 3.24. The van der Waals surface area contributed by atoms with E-state index in [2.05, 4.69) is 79.7 Å². The zero-order valence-electron chi connectivity index (χ0n) is 22.8. The zero-order valence-corrected chi connectivity index (χ0v) is 22.8. The van der Waals surface area contributed by atoms with E-state index < -0.39 is 0 Å². The number of aliphatic imine (C=N–C) groups is 2. The van der Waals surface area contributed by atoms with Gasteiger partial charge in [0.1, 0.15) is 11.5 Å². The lowest BCUT2D eigenvalue weighted by atomic mass is 9.92. The quantitative estimate of drug-likeness (QED) is 0.378. The maximum absolute atomic E-state index is 10.8. The topological polar surface area (TPSA) is 65.2 Å². The summed E-state index contributed by atoms with van der Waals surface area (Å²) in [4.78, 5) is 9.69. The first-order valence-electron chi connectivity index (χ1n) is 13.3. The highest BCUT2D eigenvalue weighted by Crippen LogP contribution is 2.34. The molecule has 2 aromatic carbocycles. The molecule has 0 aromatic heterocycles. The van der Waals surface area contributed by atoms with Crippen LogP contribution in [0.3, 0.4) is 0 Å². The van der Waals surface area contributed by atoms with Gasteiger partial charge < -0.3 is 10.2 Å². The summed E-state index contributed by atoms with van der Waals surface area (Å²) in [5, 5.41) is 21.6. The molecule has 4 nitrogen and oxygen atoms in total. The molecule has 0 radical (unpaired) electrons. The molecule has 0 heterocycles. The molecule has 190 valence electrons. The van der Waals surface area contributed by atoms with Crippen LogP contribution in [0, 0.1) is 0 Å². The Labute approximate surface area is 212 Å². The van der Waals surface area contributed by atoms with Crippen molar-refractivity contribution < 1.29 is 10.2 Å². The van der Waals surface area contributed by atoms with Crippen LogP contribution >= 0.6 is 0 Å². The summed E-state index contributed by atoms with van der Waals surface area (Å²) < 4.78 is 0. The summed E-state index contributed by atoms with van der Waals surface area (Å²) in [5.41, 5.74) is 6.04. The number of aromatic hydroxyl groups is 2. The molecule has 0 saturated heterocycles. The molecule has 0 bridgehead atoms. The van der Waals surface area contributed by atoms with Gasteiger partial charge in [-0.2, -0.15) is 0 Å². The number of hydrogen-bond acceptors (Lipinski definition) is 4. The fourth-order valence-corrected chi connectivity index (χ4v) is 4.73. The maximum atomic E-state index is 10.8. The molecule has 2 atom stereocenters. The number of phenolic OH excluding ortho intramolecular Hbond substituents is 2. The van der Waals surface area contributed by atoms with E-state index in [0.717, 1.165) is 41.5 Å². The average molecular weight is 477 g/mol. The van der Waals surface area contributed by atoms with Gasteiger partial charge in [-0.25, -0.2) is 0 Å². The van der Waals surface area contributed by atoms with Crippen LogP contribution in [0.5, 0.6) is 11.5 Å². The second kappa shape index (κ2) is 11.4. The SMILES string of the molecule is CC(C)c1cc(C=NC2CCC(N=Cc3cc(C(C)C)cc(C(C)C)c3O)C2)c(O)c(C(C)C)c1. The summed E-state index contributed by atoms with van der Waals surface area (Å²) in [7, 11) is 0. The summed E-state index contributed by atoms with van der Waals surface area (Å²) in [6.45, 7) is 17.1. The lowest BCUT2D eigenvalue weighted by molar-refractivity contribution is 0.463. The molecular formula is C31H44N2O2. The van der Waals surface area contributed by atoms with Gasteiger partial charge in [0.2, 0.25) is 0 Å². The lowest BCUT2D eigenvalue weighted by Crippen LogP contribution is -2.04. The van der Waals surface area contributed by atoms with E-state index in [4.69, 9.17) is 9.98 Å². The van der Waals surface area contributed by atoms with Gasteiger partial charge in [0.05, 0.1) is 12.1 Å². The fourth-order valence-electron chi connectivity index (χ4n) is 4.73. The first-order valence-corrected chi connectivity index (χ1v) is 13.3. The van der Waals surface area contributed by atoms with Crippen molar-refractivity contribution in [2.45, 2.75) is 110 Å². The van der Waals surface area contributed by atoms with Gasteiger partial charge in [0, 0.05) is 23.6 Å². The Morgan fingerprint density at radius 2 is 1.00 bits per heavy atom. The molecule has 0 aliphatic heterocycles. The van der Waals surface area contributed by atoms with Crippen LogP contribution in [-0.4, -0.2) is 34.7 Å². The third-order valence-corrected chi connectivity index (χ3v) is 7.19. The normalized spacial score (nSPS) is 19.0. The Morgan fingerprint density at radius 1 is 0.629 bits per heavy atom. The Balaban J connectivity index is 1.76. The van der Waals surface area contributed by atoms with Crippen molar-refractivity contribution in [3.05, 3.63) is 57.6 Å². The van der Waals surface area contributed by atoms with Gasteiger partial charge >= 0.3 is 0 Å². The summed E-state index contributed by atoms with van der Waals surface area (Å²) in [6.07, 6.45) is 6.56. The highest BCUT2D eigenvalue weighted by atomic mass is 16.3. The van der Waals surface area contributed by atoms with Gasteiger partial charge in [0.15, 0.2) is 0 Å². The van der Waals surface area contributed by atoms with Crippen molar-refractivity contribution in [3.63, 3.8) is 0 Å². The van der Waals surface area contributed by atoms with Crippen molar-refractivity contribution in [1.82, 2.24) is 0 Å². The molecule has 1 aliphatic rings. The van der Waals surface area contributed by atoms with Crippen LogP contribution in [-0.2, 0) is 0 Å². The Hall–Kier alpha value is -2.62. The molecule has 1 fully saturated rings. The van der Waals surface area contributed by atoms with E-state index in [1.165, 1.54) is 11.1 Å². The summed E-state index contributed by atoms with van der Waals surface area (Å²) >= 11 is 0. The van der Waals surface area contributed by atoms with Gasteiger partial charge in [-0.3, -0.25) is 9.98 Å². The smallest absolute Gasteiger partial charge is 0.127 e. The van der Waals surface area contributed by atoms with Crippen LogP contribution in [0.4, 0.5) is 0 Å². The Bertz CT molecular complexity index is 994. The van der Waals surface area contributed by atoms with E-state index in [9.17, 15) is 10.2 Å². The van der Waals surface area contributed by atoms with Gasteiger partial charge in [-0.15, -0.1) is 0 Å². The van der Waals surface area contributed by atoms with Gasteiger partial charge in [-0.1, -0.05) is 67.5 Å². The second-order valence-corrected chi connectivity index (χ2v) is 11.4. The maximum Gasteiger partial charge on any atom is 0.127 e. The Kier molecular flexibility index (Phi) is 8.79. The van der Waals surface area contributed by atoms with E-state index in [1.807, 2.05) is 12.4 Å². The van der Waals surface area contributed by atoms with Crippen LogP contribution in [0.25, 0.3) is 0 Å². The van der Waals surface area contributed by atoms with Crippen molar-refractivity contribution in [1.29, 1.82) is 0 Å². The molecule has 1 saturated carbocycles. The molecule has 0 spiro atoms. The molecular weight excluding hydrogens is 432 g/mol. The summed E-state index contributed by atoms with van der Waals surface area (Å²) in [6, 6.07) is 8.77. The molecule has 1 aliphatic carbocycles. The standard InChI is InChI=1S/C31H44N2O2/c1-18(2)22-11-24(30(34)28(13-22)20(5)6)16-32-26-9-10-27(15-26)33-17-25-12-23(19(3)4)14-29(21(7)8)31(25)35/h11-14,16-21,26-27,34-35H,9-10,15H2,1-8H3. The van der Waals surface area contributed by atoms with E-state index in [-0.39, 0.29) is 23.9 Å².